The molecule has 0 aromatic heterocycles. The Kier molecular flexibility index (Phi) is 6.89. The van der Waals surface area contributed by atoms with Gasteiger partial charge in [0.25, 0.3) is 15.9 Å². The number of carbonyl (C=O) groups excluding carboxylic acids is 1. The van der Waals surface area contributed by atoms with Crippen molar-refractivity contribution in [1.82, 2.24) is 5.32 Å². The Balaban J connectivity index is 1.83. The largest absolute Gasteiger partial charge is 0.497 e. The Hall–Kier alpha value is -3.32. The van der Waals surface area contributed by atoms with Gasteiger partial charge in [-0.05, 0) is 80.3 Å². The number of rotatable bonds is 7. The van der Waals surface area contributed by atoms with Crippen molar-refractivity contribution in [2.24, 2.45) is 0 Å². The molecule has 0 radical (unpaired) electrons. The van der Waals surface area contributed by atoms with Gasteiger partial charge in [0, 0.05) is 5.56 Å². The SMILES string of the molecule is COc1ccc([C@@H](C)NC(=O)c2ccc(C)c(S(=O)(=O)Nc3cccc(C)c3C)c2)cc1. The van der Waals surface area contributed by atoms with Crippen LogP contribution < -0.4 is 14.8 Å². The topological polar surface area (TPSA) is 84.5 Å². The van der Waals surface area contributed by atoms with Gasteiger partial charge in [-0.25, -0.2) is 8.42 Å². The molecular formula is C25H28N2O4S. The summed E-state index contributed by atoms with van der Waals surface area (Å²) in [6, 6.07) is 17.3. The molecular weight excluding hydrogens is 424 g/mol. The number of carbonyl (C=O) groups is 1. The summed E-state index contributed by atoms with van der Waals surface area (Å²) in [7, 11) is -2.28. The molecule has 3 aromatic carbocycles. The third-order valence-electron chi connectivity index (χ3n) is 5.55. The molecule has 32 heavy (non-hydrogen) atoms. The van der Waals surface area contributed by atoms with E-state index in [1.807, 2.05) is 51.1 Å². The Bertz CT molecular complexity index is 1240. The third kappa shape index (κ3) is 5.11. The van der Waals surface area contributed by atoms with Crippen LogP contribution in [0.25, 0.3) is 0 Å². The van der Waals surface area contributed by atoms with E-state index in [-0.39, 0.29) is 22.4 Å². The molecule has 168 valence electrons. The highest BCUT2D eigenvalue weighted by atomic mass is 32.2. The van der Waals surface area contributed by atoms with Gasteiger partial charge < -0.3 is 10.1 Å². The number of methoxy groups -OCH3 is 1. The summed E-state index contributed by atoms with van der Waals surface area (Å²) in [6.45, 7) is 7.37. The normalized spacial score (nSPS) is 12.2. The Morgan fingerprint density at radius 1 is 0.938 bits per heavy atom. The number of aryl methyl sites for hydroxylation is 2. The van der Waals surface area contributed by atoms with E-state index in [9.17, 15) is 13.2 Å². The van der Waals surface area contributed by atoms with Crippen molar-refractivity contribution in [3.8, 4) is 5.75 Å². The first-order chi connectivity index (χ1) is 15.1. The average molecular weight is 453 g/mol. The second kappa shape index (κ2) is 9.44. The summed E-state index contributed by atoms with van der Waals surface area (Å²) in [4.78, 5) is 12.9. The zero-order valence-corrected chi connectivity index (χ0v) is 19.7. The van der Waals surface area contributed by atoms with E-state index in [1.54, 1.807) is 38.3 Å². The zero-order valence-electron chi connectivity index (χ0n) is 18.9. The van der Waals surface area contributed by atoms with Crippen LogP contribution in [-0.4, -0.2) is 21.4 Å². The van der Waals surface area contributed by atoms with Gasteiger partial charge in [-0.3, -0.25) is 9.52 Å². The lowest BCUT2D eigenvalue weighted by Crippen LogP contribution is -2.27. The van der Waals surface area contributed by atoms with Gasteiger partial charge in [0.2, 0.25) is 0 Å². The zero-order chi connectivity index (χ0) is 23.5. The number of nitrogens with one attached hydrogen (secondary N) is 2. The van der Waals surface area contributed by atoms with Gasteiger partial charge in [-0.2, -0.15) is 0 Å². The molecule has 0 saturated carbocycles. The van der Waals surface area contributed by atoms with Crippen LogP contribution in [0.4, 0.5) is 5.69 Å². The van der Waals surface area contributed by atoms with Crippen molar-refractivity contribution in [2.45, 2.75) is 38.6 Å². The Morgan fingerprint density at radius 2 is 1.62 bits per heavy atom. The monoisotopic (exact) mass is 452 g/mol. The Morgan fingerprint density at radius 3 is 2.28 bits per heavy atom. The molecule has 0 aliphatic carbocycles. The van der Waals surface area contributed by atoms with E-state index in [4.69, 9.17) is 4.74 Å². The molecule has 0 aliphatic rings. The molecule has 3 aromatic rings. The van der Waals surface area contributed by atoms with Crippen molar-refractivity contribution < 1.29 is 17.9 Å². The van der Waals surface area contributed by atoms with Crippen molar-refractivity contribution in [1.29, 1.82) is 0 Å². The first-order valence-electron chi connectivity index (χ1n) is 10.3. The fraction of sp³-hybridized carbons (Fsp3) is 0.240. The molecule has 2 N–H and O–H groups in total. The summed E-state index contributed by atoms with van der Waals surface area (Å²) in [5.74, 6) is 0.383. The molecule has 1 amide bonds. The van der Waals surface area contributed by atoms with Crippen LogP contribution in [-0.2, 0) is 10.0 Å². The van der Waals surface area contributed by atoms with E-state index in [2.05, 4.69) is 10.0 Å². The number of sulfonamides is 1. The van der Waals surface area contributed by atoms with E-state index >= 15 is 0 Å². The number of anilines is 1. The molecule has 7 heteroatoms. The number of hydrogen-bond acceptors (Lipinski definition) is 4. The number of amides is 1. The lowest BCUT2D eigenvalue weighted by Gasteiger charge is -2.17. The van der Waals surface area contributed by atoms with E-state index in [0.29, 0.717) is 11.3 Å². The van der Waals surface area contributed by atoms with Crippen LogP contribution in [0.2, 0.25) is 0 Å². The van der Waals surface area contributed by atoms with Crippen LogP contribution in [0.5, 0.6) is 5.75 Å². The van der Waals surface area contributed by atoms with Crippen molar-refractivity contribution in [2.75, 3.05) is 11.8 Å². The highest BCUT2D eigenvalue weighted by Gasteiger charge is 2.21. The van der Waals surface area contributed by atoms with Crippen LogP contribution in [0.3, 0.4) is 0 Å². The molecule has 0 heterocycles. The lowest BCUT2D eigenvalue weighted by atomic mass is 10.1. The maximum atomic E-state index is 13.1. The summed E-state index contributed by atoms with van der Waals surface area (Å²) in [5.41, 5.74) is 4.11. The van der Waals surface area contributed by atoms with E-state index in [1.165, 1.54) is 6.07 Å². The fourth-order valence-corrected chi connectivity index (χ4v) is 4.74. The molecule has 0 bridgehead atoms. The fourth-order valence-electron chi connectivity index (χ4n) is 3.35. The minimum atomic E-state index is -3.87. The second-order valence-corrected chi connectivity index (χ2v) is 9.45. The molecule has 3 rings (SSSR count). The lowest BCUT2D eigenvalue weighted by molar-refractivity contribution is 0.0939. The van der Waals surface area contributed by atoms with Gasteiger partial charge in [0.05, 0.1) is 23.7 Å². The first kappa shape index (κ1) is 23.3. The maximum Gasteiger partial charge on any atom is 0.262 e. The molecule has 0 fully saturated rings. The number of ether oxygens (including phenoxy) is 1. The highest BCUT2D eigenvalue weighted by molar-refractivity contribution is 7.92. The highest BCUT2D eigenvalue weighted by Crippen LogP contribution is 2.25. The van der Waals surface area contributed by atoms with Crippen molar-refractivity contribution in [3.05, 3.63) is 88.5 Å². The predicted molar refractivity (Wildman–Crippen MR) is 127 cm³/mol. The predicted octanol–water partition coefficient (Wildman–Crippen LogP) is 4.91. The van der Waals surface area contributed by atoms with Crippen LogP contribution in [0.1, 0.15) is 45.6 Å². The van der Waals surface area contributed by atoms with Crippen LogP contribution >= 0.6 is 0 Å². The van der Waals surface area contributed by atoms with Gasteiger partial charge in [-0.1, -0.05) is 30.3 Å². The minimum Gasteiger partial charge on any atom is -0.497 e. The van der Waals surface area contributed by atoms with E-state index < -0.39 is 10.0 Å². The Labute approximate surface area is 189 Å². The average Bonchev–Trinajstić information content (AvgIpc) is 2.77. The summed E-state index contributed by atoms with van der Waals surface area (Å²) in [5, 5.41) is 2.92. The van der Waals surface area contributed by atoms with Crippen molar-refractivity contribution >= 4 is 21.6 Å². The summed E-state index contributed by atoms with van der Waals surface area (Å²) in [6.07, 6.45) is 0. The van der Waals surface area contributed by atoms with Crippen molar-refractivity contribution in [3.63, 3.8) is 0 Å². The van der Waals surface area contributed by atoms with Gasteiger partial charge >= 0.3 is 0 Å². The molecule has 1 atom stereocenters. The van der Waals surface area contributed by atoms with Crippen LogP contribution in [0, 0.1) is 20.8 Å². The number of hydrogen-bond donors (Lipinski definition) is 2. The van der Waals surface area contributed by atoms with Crippen LogP contribution in [0.15, 0.2) is 65.6 Å². The minimum absolute atomic E-state index is 0.0724. The van der Waals surface area contributed by atoms with Gasteiger partial charge in [0.1, 0.15) is 5.75 Å². The van der Waals surface area contributed by atoms with E-state index in [0.717, 1.165) is 22.4 Å². The molecule has 6 nitrogen and oxygen atoms in total. The quantitative estimate of drug-likeness (QED) is 0.533. The second-order valence-electron chi connectivity index (χ2n) is 7.80. The molecule has 0 saturated heterocycles. The standard InChI is InChI=1S/C25H28N2O4S/c1-16-7-6-8-23(18(16)3)27-32(29,30)24-15-21(10-9-17(24)2)25(28)26-19(4)20-11-13-22(31-5)14-12-20/h6-15,19,27H,1-5H3,(H,26,28)/t19-/m1/s1. The van der Waals surface area contributed by atoms with Gasteiger partial charge in [0.15, 0.2) is 0 Å². The summed E-state index contributed by atoms with van der Waals surface area (Å²) >= 11 is 0. The first-order valence-corrected chi connectivity index (χ1v) is 11.7. The molecule has 0 unspecified atom stereocenters. The molecule has 0 spiro atoms. The third-order valence-corrected chi connectivity index (χ3v) is 7.06. The number of benzene rings is 3. The molecule has 0 aliphatic heterocycles. The maximum absolute atomic E-state index is 13.1. The van der Waals surface area contributed by atoms with Gasteiger partial charge in [-0.15, -0.1) is 0 Å². The summed E-state index contributed by atoms with van der Waals surface area (Å²) < 4.78 is 34.0. The smallest absolute Gasteiger partial charge is 0.262 e.